The Kier molecular flexibility index (Phi) is 2.64. The summed E-state index contributed by atoms with van der Waals surface area (Å²) >= 11 is 3.49. The highest BCUT2D eigenvalue weighted by Gasteiger charge is 2.23. The van der Waals surface area contributed by atoms with Crippen LogP contribution in [0.25, 0.3) is 10.6 Å². The molecule has 17 heavy (non-hydrogen) atoms. The molecule has 0 spiro atoms. The standard InChI is InChI=1S/C13H13NOS2/c1-7-6-9(8(2)16-7)13-14-12-10(15)4-3-5-11(12)17-13/h6H,3-5H2,1-2H3. The van der Waals surface area contributed by atoms with Crippen molar-refractivity contribution in [1.29, 1.82) is 0 Å². The second-order valence-corrected chi connectivity index (χ2v) is 6.94. The van der Waals surface area contributed by atoms with Gasteiger partial charge in [0.25, 0.3) is 0 Å². The minimum absolute atomic E-state index is 0.221. The van der Waals surface area contributed by atoms with Crippen LogP contribution in [0, 0.1) is 13.8 Å². The molecule has 2 heterocycles. The van der Waals surface area contributed by atoms with E-state index in [4.69, 9.17) is 0 Å². The quantitative estimate of drug-likeness (QED) is 0.778. The Morgan fingerprint density at radius 2 is 2.06 bits per heavy atom. The van der Waals surface area contributed by atoms with Gasteiger partial charge < -0.3 is 0 Å². The van der Waals surface area contributed by atoms with Gasteiger partial charge in [-0.3, -0.25) is 4.79 Å². The van der Waals surface area contributed by atoms with Crippen LogP contribution in [0.5, 0.6) is 0 Å². The second-order valence-electron chi connectivity index (χ2n) is 4.39. The largest absolute Gasteiger partial charge is 0.292 e. The number of rotatable bonds is 1. The number of thiazole rings is 1. The second kappa shape index (κ2) is 4.03. The minimum Gasteiger partial charge on any atom is -0.292 e. The van der Waals surface area contributed by atoms with E-state index in [2.05, 4.69) is 24.9 Å². The normalized spacial score (nSPS) is 15.1. The molecule has 0 atom stereocenters. The smallest absolute Gasteiger partial charge is 0.182 e. The SMILES string of the molecule is Cc1cc(-c2nc3c(s2)CCCC3=O)c(C)s1. The molecule has 0 amide bonds. The molecule has 0 saturated heterocycles. The van der Waals surface area contributed by atoms with Gasteiger partial charge >= 0.3 is 0 Å². The number of fused-ring (bicyclic) bond motifs is 1. The molecule has 0 aliphatic heterocycles. The van der Waals surface area contributed by atoms with Gasteiger partial charge in [0.15, 0.2) is 5.78 Å². The van der Waals surface area contributed by atoms with Gasteiger partial charge in [0.2, 0.25) is 0 Å². The highest BCUT2D eigenvalue weighted by molar-refractivity contribution is 7.16. The third-order valence-corrected chi connectivity index (χ3v) is 5.15. The molecule has 0 aromatic carbocycles. The van der Waals surface area contributed by atoms with Crippen molar-refractivity contribution < 1.29 is 4.79 Å². The van der Waals surface area contributed by atoms with Gasteiger partial charge in [-0.2, -0.15) is 0 Å². The highest BCUT2D eigenvalue weighted by Crippen LogP contribution is 2.36. The van der Waals surface area contributed by atoms with E-state index < -0.39 is 0 Å². The van der Waals surface area contributed by atoms with Gasteiger partial charge in [0.05, 0.1) is 0 Å². The van der Waals surface area contributed by atoms with Gasteiger partial charge in [-0.05, 0) is 32.8 Å². The molecular weight excluding hydrogens is 250 g/mol. The van der Waals surface area contributed by atoms with Crippen LogP contribution in [0.15, 0.2) is 6.07 Å². The zero-order valence-electron chi connectivity index (χ0n) is 9.87. The first-order chi connectivity index (χ1) is 8.15. The summed E-state index contributed by atoms with van der Waals surface area (Å²) in [6.07, 6.45) is 2.66. The number of thiophene rings is 1. The number of nitrogens with zero attached hydrogens (tertiary/aromatic N) is 1. The monoisotopic (exact) mass is 263 g/mol. The lowest BCUT2D eigenvalue weighted by Crippen LogP contribution is -2.08. The number of hydrogen-bond donors (Lipinski definition) is 0. The van der Waals surface area contributed by atoms with Crippen LogP contribution in [0.2, 0.25) is 0 Å². The van der Waals surface area contributed by atoms with Crippen LogP contribution in [-0.4, -0.2) is 10.8 Å². The molecule has 2 aromatic rings. The lowest BCUT2D eigenvalue weighted by Gasteiger charge is -2.06. The van der Waals surface area contributed by atoms with Crippen LogP contribution >= 0.6 is 22.7 Å². The third-order valence-electron chi connectivity index (χ3n) is 3.04. The van der Waals surface area contributed by atoms with Crippen molar-refractivity contribution >= 4 is 28.5 Å². The lowest BCUT2D eigenvalue weighted by molar-refractivity contribution is 0.0968. The summed E-state index contributed by atoms with van der Waals surface area (Å²) in [4.78, 5) is 20.1. The Labute approximate surface area is 108 Å². The molecule has 0 fully saturated rings. The van der Waals surface area contributed by atoms with Crippen molar-refractivity contribution in [3.63, 3.8) is 0 Å². The van der Waals surface area contributed by atoms with E-state index in [9.17, 15) is 4.79 Å². The third kappa shape index (κ3) is 1.85. The van der Waals surface area contributed by atoms with E-state index in [0.717, 1.165) is 23.5 Å². The maximum Gasteiger partial charge on any atom is 0.182 e. The summed E-state index contributed by atoms with van der Waals surface area (Å²) in [7, 11) is 0. The molecule has 88 valence electrons. The van der Waals surface area contributed by atoms with Crippen molar-refractivity contribution in [2.45, 2.75) is 33.1 Å². The van der Waals surface area contributed by atoms with E-state index in [1.807, 2.05) is 0 Å². The summed E-state index contributed by atoms with van der Waals surface area (Å²) in [6, 6.07) is 2.18. The van der Waals surface area contributed by atoms with Gasteiger partial charge in [-0.15, -0.1) is 22.7 Å². The van der Waals surface area contributed by atoms with Crippen molar-refractivity contribution in [3.8, 4) is 10.6 Å². The Bertz CT molecular complexity index is 595. The molecule has 3 rings (SSSR count). The van der Waals surface area contributed by atoms with E-state index in [1.165, 1.54) is 20.2 Å². The fraction of sp³-hybridized carbons (Fsp3) is 0.385. The van der Waals surface area contributed by atoms with E-state index >= 15 is 0 Å². The number of carbonyl (C=O) groups is 1. The molecule has 0 radical (unpaired) electrons. The van der Waals surface area contributed by atoms with Crippen molar-refractivity contribution in [2.24, 2.45) is 0 Å². The lowest BCUT2D eigenvalue weighted by atomic mass is 10.0. The average Bonchev–Trinajstić information content (AvgIpc) is 2.82. The van der Waals surface area contributed by atoms with Crippen LogP contribution in [0.1, 0.15) is 38.0 Å². The van der Waals surface area contributed by atoms with E-state index in [-0.39, 0.29) is 5.78 Å². The predicted molar refractivity (Wildman–Crippen MR) is 72.2 cm³/mol. The molecular formula is C13H13NOS2. The zero-order valence-corrected chi connectivity index (χ0v) is 11.5. The molecule has 4 heteroatoms. The average molecular weight is 263 g/mol. The van der Waals surface area contributed by atoms with Gasteiger partial charge in [0, 0.05) is 26.6 Å². The predicted octanol–water partition coefficient (Wildman–Crippen LogP) is 4.01. The Morgan fingerprint density at radius 3 is 2.71 bits per heavy atom. The number of aromatic nitrogens is 1. The topological polar surface area (TPSA) is 30.0 Å². The summed E-state index contributed by atoms with van der Waals surface area (Å²) in [6.45, 7) is 4.23. The maximum absolute atomic E-state index is 11.8. The molecule has 2 nitrogen and oxygen atoms in total. The molecule has 0 saturated carbocycles. The zero-order chi connectivity index (χ0) is 12.0. The number of Topliss-reactive ketones (excluding diaryl/α,β-unsaturated/α-hetero) is 1. The summed E-state index contributed by atoms with van der Waals surface area (Å²) in [5.74, 6) is 0.221. The van der Waals surface area contributed by atoms with Crippen molar-refractivity contribution in [2.75, 3.05) is 0 Å². The first-order valence-electron chi connectivity index (χ1n) is 5.75. The van der Waals surface area contributed by atoms with E-state index in [0.29, 0.717) is 6.42 Å². The fourth-order valence-corrected chi connectivity index (χ4v) is 4.41. The number of ketones is 1. The van der Waals surface area contributed by atoms with Crippen LogP contribution < -0.4 is 0 Å². The van der Waals surface area contributed by atoms with Crippen LogP contribution in [0.4, 0.5) is 0 Å². The first kappa shape index (κ1) is 11.1. The molecule has 1 aliphatic rings. The minimum atomic E-state index is 0.221. The summed E-state index contributed by atoms with van der Waals surface area (Å²) in [5.41, 5.74) is 1.94. The first-order valence-corrected chi connectivity index (χ1v) is 7.39. The number of carbonyl (C=O) groups excluding carboxylic acids is 1. The maximum atomic E-state index is 11.8. The Balaban J connectivity index is 2.11. The van der Waals surface area contributed by atoms with E-state index in [1.54, 1.807) is 22.7 Å². The Morgan fingerprint density at radius 1 is 1.24 bits per heavy atom. The van der Waals surface area contributed by atoms with Crippen LogP contribution in [0.3, 0.4) is 0 Å². The van der Waals surface area contributed by atoms with Gasteiger partial charge in [-0.25, -0.2) is 4.98 Å². The molecule has 0 unspecified atom stereocenters. The summed E-state index contributed by atoms with van der Waals surface area (Å²) < 4.78 is 0. The highest BCUT2D eigenvalue weighted by atomic mass is 32.1. The molecule has 1 aliphatic carbocycles. The van der Waals surface area contributed by atoms with Crippen LogP contribution in [-0.2, 0) is 6.42 Å². The number of aryl methyl sites for hydroxylation is 3. The van der Waals surface area contributed by atoms with Gasteiger partial charge in [-0.1, -0.05) is 0 Å². The fourth-order valence-electron chi connectivity index (χ4n) is 2.23. The van der Waals surface area contributed by atoms with Crippen molar-refractivity contribution in [1.82, 2.24) is 4.98 Å². The van der Waals surface area contributed by atoms with Crippen molar-refractivity contribution in [3.05, 3.63) is 26.4 Å². The molecule has 2 aromatic heterocycles. The molecule has 0 bridgehead atoms. The molecule has 0 N–H and O–H groups in total. The van der Waals surface area contributed by atoms with Gasteiger partial charge in [0.1, 0.15) is 10.7 Å². The Hall–Kier alpha value is -1.00. The number of hydrogen-bond acceptors (Lipinski definition) is 4. The summed E-state index contributed by atoms with van der Waals surface area (Å²) in [5, 5.41) is 1.02.